The molecule has 0 aliphatic carbocycles. The Morgan fingerprint density at radius 1 is 1.30 bits per heavy atom. The maximum absolute atomic E-state index is 11.6. The van der Waals surface area contributed by atoms with E-state index in [1.807, 2.05) is 23.9 Å². The van der Waals surface area contributed by atoms with Crippen molar-refractivity contribution >= 4 is 11.8 Å². The predicted molar refractivity (Wildman–Crippen MR) is 86.4 cm³/mol. The first-order valence-electron chi connectivity index (χ1n) is 7.11. The Hall–Kier alpha value is -0.670. The predicted octanol–water partition coefficient (Wildman–Crippen LogP) is 4.29. The third kappa shape index (κ3) is 2.25. The topological polar surface area (TPSA) is 29.5 Å². The third-order valence-corrected chi connectivity index (χ3v) is 6.40. The number of methoxy groups -OCH3 is 1. The van der Waals surface area contributed by atoms with E-state index in [4.69, 9.17) is 4.74 Å². The third-order valence-electron chi connectivity index (χ3n) is 4.56. The number of thioether (sulfide) groups is 1. The molecule has 2 nitrogen and oxygen atoms in total. The Kier molecular flexibility index (Phi) is 3.89. The van der Waals surface area contributed by atoms with E-state index in [-0.39, 0.29) is 16.1 Å². The van der Waals surface area contributed by atoms with Crippen molar-refractivity contribution < 1.29 is 9.84 Å². The zero-order valence-corrected chi connectivity index (χ0v) is 14.2. The minimum absolute atomic E-state index is 0.0765. The average molecular weight is 294 g/mol. The first-order chi connectivity index (χ1) is 9.13. The number of hydrogen-bond donors (Lipinski definition) is 1. The quantitative estimate of drug-likeness (QED) is 0.882. The van der Waals surface area contributed by atoms with Gasteiger partial charge in [0.05, 0.1) is 18.0 Å². The zero-order chi connectivity index (χ0) is 15.2. The molecule has 2 unspecified atom stereocenters. The van der Waals surface area contributed by atoms with Crippen molar-refractivity contribution in [2.45, 2.75) is 45.5 Å². The number of ether oxygens (including phenoxy) is 1. The van der Waals surface area contributed by atoms with Gasteiger partial charge in [0.25, 0.3) is 0 Å². The molecule has 2 atom stereocenters. The Labute approximate surface area is 126 Å². The molecule has 1 aromatic carbocycles. The second kappa shape index (κ2) is 4.96. The van der Waals surface area contributed by atoms with E-state index in [1.54, 1.807) is 7.11 Å². The van der Waals surface area contributed by atoms with Crippen molar-refractivity contribution in [3.05, 3.63) is 29.8 Å². The molecule has 0 aromatic heterocycles. The molecule has 1 N–H and O–H groups in total. The van der Waals surface area contributed by atoms with E-state index in [0.717, 1.165) is 17.1 Å². The highest BCUT2D eigenvalue weighted by atomic mass is 32.2. The monoisotopic (exact) mass is 294 g/mol. The van der Waals surface area contributed by atoms with E-state index in [9.17, 15) is 5.11 Å². The molecular formula is C17H26O2S. The molecule has 0 saturated carbocycles. The summed E-state index contributed by atoms with van der Waals surface area (Å²) in [7, 11) is 1.68. The van der Waals surface area contributed by atoms with Gasteiger partial charge in [-0.25, -0.2) is 0 Å². The molecule has 1 heterocycles. The summed E-state index contributed by atoms with van der Waals surface area (Å²) in [6, 6.07) is 8.10. The van der Waals surface area contributed by atoms with Crippen LogP contribution in [0.25, 0.3) is 0 Å². The first kappa shape index (κ1) is 15.7. The van der Waals surface area contributed by atoms with Crippen molar-refractivity contribution in [2.75, 3.05) is 12.9 Å². The van der Waals surface area contributed by atoms with Crippen LogP contribution >= 0.6 is 11.8 Å². The molecule has 0 spiro atoms. The molecule has 0 radical (unpaired) electrons. The standard InChI is InChI=1S/C17H26O2S/c1-15(2,3)17(18)14(20-11-16(17,4)5)12-8-7-9-13(10-12)19-6/h7-10,14,18H,11H2,1-6H3. The molecule has 0 amide bonds. The van der Waals surface area contributed by atoms with Crippen LogP contribution in [0.2, 0.25) is 0 Å². The number of aliphatic hydroxyl groups is 1. The van der Waals surface area contributed by atoms with Crippen molar-refractivity contribution in [3.63, 3.8) is 0 Å². The molecule has 3 heteroatoms. The van der Waals surface area contributed by atoms with Gasteiger partial charge in [0.15, 0.2) is 0 Å². The van der Waals surface area contributed by atoms with Crippen LogP contribution in [0.5, 0.6) is 5.75 Å². The second-order valence-corrected chi connectivity index (χ2v) is 8.46. The SMILES string of the molecule is COc1cccc(C2SCC(C)(C)C2(O)C(C)(C)C)c1. The number of hydrogen-bond acceptors (Lipinski definition) is 3. The van der Waals surface area contributed by atoms with Crippen molar-refractivity contribution in [2.24, 2.45) is 10.8 Å². The molecule has 2 rings (SSSR count). The summed E-state index contributed by atoms with van der Waals surface area (Å²) in [6.07, 6.45) is 0. The zero-order valence-electron chi connectivity index (χ0n) is 13.4. The first-order valence-corrected chi connectivity index (χ1v) is 8.16. The summed E-state index contributed by atoms with van der Waals surface area (Å²) in [5.74, 6) is 1.81. The van der Waals surface area contributed by atoms with Crippen LogP contribution in [0.1, 0.15) is 45.4 Å². The normalized spacial score (nSPS) is 29.4. The van der Waals surface area contributed by atoms with Gasteiger partial charge >= 0.3 is 0 Å². The number of rotatable bonds is 2. The van der Waals surface area contributed by atoms with Gasteiger partial charge in [0.1, 0.15) is 5.75 Å². The summed E-state index contributed by atoms with van der Waals surface area (Å²) in [6.45, 7) is 10.7. The molecular weight excluding hydrogens is 268 g/mol. The van der Waals surface area contributed by atoms with Gasteiger partial charge < -0.3 is 9.84 Å². The van der Waals surface area contributed by atoms with Gasteiger partial charge in [-0.05, 0) is 23.1 Å². The second-order valence-electron chi connectivity index (χ2n) is 7.37. The van der Waals surface area contributed by atoms with Crippen LogP contribution in [0.4, 0.5) is 0 Å². The van der Waals surface area contributed by atoms with E-state index in [1.165, 1.54) is 0 Å². The molecule has 1 aliphatic rings. The Balaban J connectivity index is 2.50. The maximum atomic E-state index is 11.6. The lowest BCUT2D eigenvalue weighted by atomic mass is 9.60. The lowest BCUT2D eigenvalue weighted by molar-refractivity contribution is -0.128. The lowest BCUT2D eigenvalue weighted by Crippen LogP contribution is -2.54. The minimum Gasteiger partial charge on any atom is -0.497 e. The smallest absolute Gasteiger partial charge is 0.119 e. The van der Waals surface area contributed by atoms with Gasteiger partial charge in [0.2, 0.25) is 0 Å². The Morgan fingerprint density at radius 3 is 2.50 bits per heavy atom. The van der Waals surface area contributed by atoms with Gasteiger partial charge in [0, 0.05) is 11.2 Å². The molecule has 1 fully saturated rings. The highest BCUT2D eigenvalue weighted by Gasteiger charge is 2.61. The Bertz CT molecular complexity index is 490. The van der Waals surface area contributed by atoms with Crippen molar-refractivity contribution in [1.82, 2.24) is 0 Å². The summed E-state index contributed by atoms with van der Waals surface area (Å²) in [4.78, 5) is 0. The fourth-order valence-electron chi connectivity index (χ4n) is 3.43. The van der Waals surface area contributed by atoms with Gasteiger partial charge in [-0.1, -0.05) is 46.8 Å². The maximum Gasteiger partial charge on any atom is 0.119 e. The largest absolute Gasteiger partial charge is 0.497 e. The fraction of sp³-hybridized carbons (Fsp3) is 0.647. The van der Waals surface area contributed by atoms with Crippen LogP contribution in [0.3, 0.4) is 0 Å². The fourth-order valence-corrected chi connectivity index (χ4v) is 5.48. The van der Waals surface area contributed by atoms with Crippen LogP contribution in [0.15, 0.2) is 24.3 Å². The van der Waals surface area contributed by atoms with Crippen LogP contribution in [0, 0.1) is 10.8 Å². The minimum atomic E-state index is -0.753. The van der Waals surface area contributed by atoms with Crippen LogP contribution < -0.4 is 4.74 Å². The van der Waals surface area contributed by atoms with E-state index in [0.29, 0.717) is 0 Å². The molecule has 1 aliphatic heterocycles. The van der Waals surface area contributed by atoms with Crippen LogP contribution in [-0.2, 0) is 0 Å². The average Bonchev–Trinajstić information content (AvgIpc) is 2.61. The summed E-state index contributed by atoms with van der Waals surface area (Å²) in [5, 5.41) is 11.6. The van der Waals surface area contributed by atoms with E-state index < -0.39 is 5.60 Å². The van der Waals surface area contributed by atoms with Gasteiger partial charge in [-0.2, -0.15) is 11.8 Å². The highest BCUT2D eigenvalue weighted by molar-refractivity contribution is 7.99. The number of benzene rings is 1. The van der Waals surface area contributed by atoms with Gasteiger partial charge in [-0.3, -0.25) is 0 Å². The molecule has 1 saturated heterocycles. The lowest BCUT2D eigenvalue weighted by Gasteiger charge is -2.49. The van der Waals surface area contributed by atoms with Crippen LogP contribution in [-0.4, -0.2) is 23.6 Å². The molecule has 0 bridgehead atoms. The summed E-state index contributed by atoms with van der Waals surface area (Å²) < 4.78 is 5.33. The van der Waals surface area contributed by atoms with Crippen molar-refractivity contribution in [3.8, 4) is 5.75 Å². The van der Waals surface area contributed by atoms with Gasteiger partial charge in [-0.15, -0.1) is 0 Å². The molecule has 20 heavy (non-hydrogen) atoms. The summed E-state index contributed by atoms with van der Waals surface area (Å²) in [5.41, 5.74) is 0.0892. The van der Waals surface area contributed by atoms with Crippen molar-refractivity contribution in [1.29, 1.82) is 0 Å². The van der Waals surface area contributed by atoms with E-state index >= 15 is 0 Å². The molecule has 1 aromatic rings. The molecule has 112 valence electrons. The summed E-state index contributed by atoms with van der Waals surface area (Å²) >= 11 is 1.85. The highest BCUT2D eigenvalue weighted by Crippen LogP contribution is 2.63. The Morgan fingerprint density at radius 2 is 1.95 bits per heavy atom. The van der Waals surface area contributed by atoms with E-state index in [2.05, 4.69) is 46.8 Å².